The van der Waals surface area contributed by atoms with Crippen molar-refractivity contribution in [3.8, 4) is 0 Å². The van der Waals surface area contributed by atoms with Crippen LogP contribution in [0.2, 0.25) is 0 Å². The van der Waals surface area contributed by atoms with Crippen molar-refractivity contribution < 1.29 is 18.0 Å². The van der Waals surface area contributed by atoms with E-state index >= 15 is 0 Å². The zero-order chi connectivity index (χ0) is 13.3. The molecule has 0 amide bonds. The van der Waals surface area contributed by atoms with E-state index in [-0.39, 0.29) is 5.78 Å². The van der Waals surface area contributed by atoms with Crippen LogP contribution in [0.1, 0.15) is 18.4 Å². The van der Waals surface area contributed by atoms with Gasteiger partial charge in [-0.1, -0.05) is 0 Å². The van der Waals surface area contributed by atoms with E-state index in [4.69, 9.17) is 0 Å². The van der Waals surface area contributed by atoms with Gasteiger partial charge in [-0.25, -0.2) is 0 Å². The Hall–Kier alpha value is -1.04. The van der Waals surface area contributed by atoms with Crippen molar-refractivity contribution in [2.45, 2.75) is 19.0 Å². The number of hydrogen-bond donors (Lipinski definition) is 0. The molecule has 18 heavy (non-hydrogen) atoms. The lowest BCUT2D eigenvalue weighted by molar-refractivity contribution is -0.137. The highest BCUT2D eigenvalue weighted by Crippen LogP contribution is 2.35. The van der Waals surface area contributed by atoms with Crippen molar-refractivity contribution in [3.05, 3.63) is 28.2 Å². The number of nitrogens with zero attached hydrogens (tertiary/aromatic N) is 1. The van der Waals surface area contributed by atoms with E-state index in [1.165, 1.54) is 6.07 Å². The Morgan fingerprint density at radius 1 is 1.17 bits per heavy atom. The molecule has 1 fully saturated rings. The second-order valence-corrected chi connectivity index (χ2v) is 5.04. The lowest BCUT2D eigenvalue weighted by atomic mass is 10.1. The average Bonchev–Trinajstić information content (AvgIpc) is 2.29. The third kappa shape index (κ3) is 2.85. The van der Waals surface area contributed by atoms with Gasteiger partial charge >= 0.3 is 6.18 Å². The van der Waals surface area contributed by atoms with E-state index in [0.717, 1.165) is 12.1 Å². The number of rotatable bonds is 1. The first kappa shape index (κ1) is 13.4. The number of hydrogen-bond acceptors (Lipinski definition) is 2. The number of benzene rings is 1. The zero-order valence-electron chi connectivity index (χ0n) is 9.43. The smallest absolute Gasteiger partial charge is 0.370 e. The lowest BCUT2D eigenvalue weighted by Gasteiger charge is -2.29. The number of carbonyl (C=O) groups is 1. The van der Waals surface area contributed by atoms with Gasteiger partial charge in [0, 0.05) is 30.4 Å². The summed E-state index contributed by atoms with van der Waals surface area (Å²) in [5.74, 6) is 0.203. The zero-order valence-corrected chi connectivity index (χ0v) is 11.0. The number of anilines is 1. The summed E-state index contributed by atoms with van der Waals surface area (Å²) in [5.41, 5.74) is 0.0294. The highest BCUT2D eigenvalue weighted by Gasteiger charge is 2.31. The number of alkyl halides is 3. The van der Waals surface area contributed by atoms with Crippen molar-refractivity contribution in [1.82, 2.24) is 0 Å². The van der Waals surface area contributed by atoms with Crippen LogP contribution >= 0.6 is 15.9 Å². The van der Waals surface area contributed by atoms with Gasteiger partial charge in [-0.15, -0.1) is 0 Å². The summed E-state index contributed by atoms with van der Waals surface area (Å²) in [4.78, 5) is 13.0. The molecule has 0 bridgehead atoms. The van der Waals surface area contributed by atoms with Gasteiger partial charge in [0.15, 0.2) is 0 Å². The Balaban J connectivity index is 2.22. The van der Waals surface area contributed by atoms with E-state index in [9.17, 15) is 18.0 Å². The maximum absolute atomic E-state index is 12.5. The molecule has 98 valence electrons. The summed E-state index contributed by atoms with van der Waals surface area (Å²) in [6.45, 7) is 1.12. The Kier molecular flexibility index (Phi) is 3.66. The topological polar surface area (TPSA) is 20.3 Å². The van der Waals surface area contributed by atoms with Crippen LogP contribution in [0.25, 0.3) is 0 Å². The molecule has 2 rings (SSSR count). The van der Waals surface area contributed by atoms with Crippen LogP contribution in [0, 0.1) is 0 Å². The summed E-state index contributed by atoms with van der Waals surface area (Å²) in [6.07, 6.45) is -3.43. The third-order valence-corrected chi connectivity index (χ3v) is 3.57. The fraction of sp³-hybridized carbons (Fsp3) is 0.417. The van der Waals surface area contributed by atoms with E-state index in [0.29, 0.717) is 36.1 Å². The Bertz CT molecular complexity index is 463. The SMILES string of the molecule is O=C1CCN(c2ccc(C(F)(F)F)cc2Br)CC1. The number of piperidine rings is 1. The van der Waals surface area contributed by atoms with E-state index in [2.05, 4.69) is 15.9 Å². The number of Topliss-reactive ketones (excluding diaryl/α,β-unsaturated/α-hetero) is 1. The molecule has 1 aromatic carbocycles. The van der Waals surface area contributed by atoms with Gasteiger partial charge in [0.1, 0.15) is 5.78 Å². The molecule has 0 radical (unpaired) electrons. The molecule has 1 saturated heterocycles. The summed E-state index contributed by atoms with van der Waals surface area (Å²) in [7, 11) is 0. The highest BCUT2D eigenvalue weighted by atomic mass is 79.9. The molecule has 0 spiro atoms. The molecule has 1 aliphatic heterocycles. The van der Waals surface area contributed by atoms with Crippen LogP contribution in [0.5, 0.6) is 0 Å². The van der Waals surface area contributed by atoms with Crippen LogP contribution < -0.4 is 4.90 Å². The quantitative estimate of drug-likeness (QED) is 0.787. The first-order valence-corrected chi connectivity index (χ1v) is 6.30. The maximum atomic E-state index is 12.5. The summed E-state index contributed by atoms with van der Waals surface area (Å²) < 4.78 is 38.0. The van der Waals surface area contributed by atoms with Gasteiger partial charge < -0.3 is 4.90 Å². The van der Waals surface area contributed by atoms with Crippen molar-refractivity contribution in [3.63, 3.8) is 0 Å². The Morgan fingerprint density at radius 2 is 1.78 bits per heavy atom. The molecule has 0 saturated carbocycles. The second-order valence-electron chi connectivity index (χ2n) is 4.19. The van der Waals surface area contributed by atoms with Crippen molar-refractivity contribution in [2.75, 3.05) is 18.0 Å². The molecule has 6 heteroatoms. The predicted octanol–water partition coefficient (Wildman–Crippen LogP) is 3.64. The number of halogens is 4. The van der Waals surface area contributed by atoms with Gasteiger partial charge in [0.25, 0.3) is 0 Å². The average molecular weight is 322 g/mol. The van der Waals surface area contributed by atoms with Crippen molar-refractivity contribution >= 4 is 27.4 Å². The van der Waals surface area contributed by atoms with Gasteiger partial charge in [-0.3, -0.25) is 4.79 Å². The number of carbonyl (C=O) groups excluding carboxylic acids is 1. The first-order valence-electron chi connectivity index (χ1n) is 5.51. The van der Waals surface area contributed by atoms with E-state index < -0.39 is 11.7 Å². The molecule has 1 heterocycles. The lowest BCUT2D eigenvalue weighted by Crippen LogP contribution is -2.33. The minimum atomic E-state index is -4.33. The number of ketones is 1. The van der Waals surface area contributed by atoms with Gasteiger partial charge in [-0.05, 0) is 34.1 Å². The fourth-order valence-corrected chi connectivity index (χ4v) is 2.57. The molecular weight excluding hydrogens is 311 g/mol. The first-order chi connectivity index (χ1) is 8.38. The summed E-state index contributed by atoms with van der Waals surface area (Å²) in [6, 6.07) is 3.59. The standard InChI is InChI=1S/C12H11BrF3NO/c13-10-7-8(12(14,15)16)1-2-11(10)17-5-3-9(18)4-6-17/h1-2,7H,3-6H2. The van der Waals surface area contributed by atoms with Crippen LogP contribution in [0.15, 0.2) is 22.7 Å². The third-order valence-electron chi connectivity index (χ3n) is 2.94. The molecule has 0 N–H and O–H groups in total. The molecule has 0 atom stereocenters. The Morgan fingerprint density at radius 3 is 2.28 bits per heavy atom. The van der Waals surface area contributed by atoms with Gasteiger partial charge in [0.2, 0.25) is 0 Å². The van der Waals surface area contributed by atoms with Crippen LogP contribution in [0.3, 0.4) is 0 Å². The monoisotopic (exact) mass is 321 g/mol. The van der Waals surface area contributed by atoms with Crippen LogP contribution in [-0.4, -0.2) is 18.9 Å². The molecular formula is C12H11BrF3NO. The largest absolute Gasteiger partial charge is 0.416 e. The molecule has 0 aromatic heterocycles. The van der Waals surface area contributed by atoms with Crippen LogP contribution in [-0.2, 0) is 11.0 Å². The summed E-state index contributed by atoms with van der Waals surface area (Å²) >= 11 is 3.16. The van der Waals surface area contributed by atoms with E-state index in [1.54, 1.807) is 0 Å². The highest BCUT2D eigenvalue weighted by molar-refractivity contribution is 9.10. The second kappa shape index (κ2) is 4.91. The fourth-order valence-electron chi connectivity index (χ4n) is 1.94. The van der Waals surface area contributed by atoms with Gasteiger partial charge in [-0.2, -0.15) is 13.2 Å². The Labute approximate surface area is 111 Å². The molecule has 1 aromatic rings. The predicted molar refractivity (Wildman–Crippen MR) is 65.6 cm³/mol. The van der Waals surface area contributed by atoms with Crippen molar-refractivity contribution in [2.24, 2.45) is 0 Å². The molecule has 2 nitrogen and oxygen atoms in total. The molecule has 0 aliphatic carbocycles. The molecule has 1 aliphatic rings. The minimum absolute atomic E-state index is 0.203. The van der Waals surface area contributed by atoms with E-state index in [1.807, 2.05) is 4.90 Å². The maximum Gasteiger partial charge on any atom is 0.416 e. The van der Waals surface area contributed by atoms with Crippen LogP contribution in [0.4, 0.5) is 18.9 Å². The normalized spacial score (nSPS) is 17.1. The molecule has 0 unspecified atom stereocenters. The van der Waals surface area contributed by atoms with Crippen molar-refractivity contribution in [1.29, 1.82) is 0 Å². The minimum Gasteiger partial charge on any atom is -0.370 e. The summed E-state index contributed by atoms with van der Waals surface area (Å²) in [5, 5.41) is 0. The van der Waals surface area contributed by atoms with Gasteiger partial charge in [0.05, 0.1) is 11.3 Å².